The van der Waals surface area contributed by atoms with Gasteiger partial charge in [0.2, 0.25) is 0 Å². The van der Waals surface area contributed by atoms with Crippen LogP contribution in [-0.2, 0) is 6.61 Å². The molecule has 7 heteroatoms. The number of benzene rings is 2. The smallest absolute Gasteiger partial charge is 0.146 e. The minimum atomic E-state index is -0.668. The molecule has 0 aliphatic heterocycles. The molecule has 0 aliphatic rings. The molecule has 0 atom stereocenters. The molecule has 0 aromatic heterocycles. The molecule has 0 spiro atoms. The molecule has 2 aromatic carbocycles. The van der Waals surface area contributed by atoms with Gasteiger partial charge in [0, 0.05) is 0 Å². The van der Waals surface area contributed by atoms with Crippen LogP contribution in [0.2, 0.25) is 0 Å². The van der Waals surface area contributed by atoms with Crippen LogP contribution in [0.1, 0.15) is 5.56 Å². The third-order valence-corrected chi connectivity index (χ3v) is 4.57. The van der Waals surface area contributed by atoms with Crippen molar-refractivity contribution < 1.29 is 18.3 Å². The summed E-state index contributed by atoms with van der Waals surface area (Å²) in [5.41, 5.74) is -0.136. The van der Waals surface area contributed by atoms with Crippen molar-refractivity contribution in [3.8, 4) is 11.5 Å². The second kappa shape index (κ2) is 7.07. The van der Waals surface area contributed by atoms with Crippen LogP contribution in [0.4, 0.5) is 8.78 Å². The number of halogens is 5. The molecule has 2 aromatic rings. The summed E-state index contributed by atoms with van der Waals surface area (Å²) in [6.07, 6.45) is 0. The second-order valence-electron chi connectivity index (χ2n) is 4.03. The van der Waals surface area contributed by atoms with Crippen molar-refractivity contribution in [3.05, 3.63) is 54.9 Å². The fourth-order valence-corrected chi connectivity index (χ4v) is 2.92. The number of hydrogen-bond donors (Lipinski definition) is 0. The standard InChI is InChI=1S/C14H9Br3F2O2/c1-20-12-4-10(17)13(5-9(12)16)21-6-7-11(18)3-2-8(15)14(7)19/h2-5H,6H2,1H3. The van der Waals surface area contributed by atoms with Gasteiger partial charge in [0.15, 0.2) is 0 Å². The van der Waals surface area contributed by atoms with Gasteiger partial charge in [-0.3, -0.25) is 0 Å². The van der Waals surface area contributed by atoms with Gasteiger partial charge in [0.1, 0.15) is 29.7 Å². The van der Waals surface area contributed by atoms with Gasteiger partial charge in [0.25, 0.3) is 0 Å². The second-order valence-corrected chi connectivity index (χ2v) is 6.59. The molecule has 0 unspecified atom stereocenters. The Balaban J connectivity index is 2.25. The van der Waals surface area contributed by atoms with Crippen molar-refractivity contribution >= 4 is 47.8 Å². The van der Waals surface area contributed by atoms with Crippen LogP contribution in [-0.4, -0.2) is 7.11 Å². The summed E-state index contributed by atoms with van der Waals surface area (Å²) in [7, 11) is 1.54. The predicted molar refractivity (Wildman–Crippen MR) is 86.8 cm³/mol. The Kier molecular flexibility index (Phi) is 5.62. The zero-order valence-corrected chi connectivity index (χ0v) is 15.5. The van der Waals surface area contributed by atoms with Gasteiger partial charge in [-0.05, 0) is 72.1 Å². The van der Waals surface area contributed by atoms with Gasteiger partial charge in [0.05, 0.1) is 26.1 Å². The van der Waals surface area contributed by atoms with Gasteiger partial charge in [-0.1, -0.05) is 0 Å². The fourth-order valence-electron chi connectivity index (χ4n) is 1.63. The van der Waals surface area contributed by atoms with E-state index < -0.39 is 11.6 Å². The lowest BCUT2D eigenvalue weighted by Gasteiger charge is -2.12. The van der Waals surface area contributed by atoms with E-state index in [0.717, 1.165) is 0 Å². The maximum absolute atomic E-state index is 13.9. The monoisotopic (exact) mass is 484 g/mol. The first kappa shape index (κ1) is 16.7. The van der Waals surface area contributed by atoms with Crippen molar-refractivity contribution in [1.82, 2.24) is 0 Å². The van der Waals surface area contributed by atoms with Crippen molar-refractivity contribution in [2.45, 2.75) is 6.61 Å². The van der Waals surface area contributed by atoms with Gasteiger partial charge in [-0.15, -0.1) is 0 Å². The Labute approximate surface area is 145 Å². The average molecular weight is 487 g/mol. The van der Waals surface area contributed by atoms with Crippen LogP contribution in [0.3, 0.4) is 0 Å². The van der Waals surface area contributed by atoms with Crippen LogP contribution >= 0.6 is 47.8 Å². The number of hydrogen-bond acceptors (Lipinski definition) is 2. The minimum Gasteiger partial charge on any atom is -0.496 e. The first-order valence-electron chi connectivity index (χ1n) is 5.72. The molecule has 0 saturated heterocycles. The minimum absolute atomic E-state index is 0.136. The number of methoxy groups -OCH3 is 1. The molecule has 21 heavy (non-hydrogen) atoms. The van der Waals surface area contributed by atoms with Crippen molar-refractivity contribution in [3.63, 3.8) is 0 Å². The normalized spacial score (nSPS) is 10.6. The number of ether oxygens (including phenoxy) is 2. The summed E-state index contributed by atoms with van der Waals surface area (Å²) in [6, 6.07) is 5.86. The lowest BCUT2D eigenvalue weighted by Crippen LogP contribution is -2.03. The Morgan fingerprint density at radius 1 is 0.952 bits per heavy atom. The highest BCUT2D eigenvalue weighted by molar-refractivity contribution is 9.11. The molecule has 0 N–H and O–H groups in total. The maximum Gasteiger partial charge on any atom is 0.146 e. The molecule has 0 aliphatic carbocycles. The van der Waals surface area contributed by atoms with Gasteiger partial charge in [-0.2, -0.15) is 0 Å². The molecule has 2 rings (SSSR count). The van der Waals surface area contributed by atoms with E-state index in [9.17, 15) is 8.78 Å². The van der Waals surface area contributed by atoms with E-state index in [1.807, 2.05) is 0 Å². The van der Waals surface area contributed by atoms with Crippen LogP contribution in [0.15, 0.2) is 37.7 Å². The topological polar surface area (TPSA) is 18.5 Å². The fraction of sp³-hybridized carbons (Fsp3) is 0.143. The highest BCUT2D eigenvalue weighted by Gasteiger charge is 2.14. The zero-order valence-electron chi connectivity index (χ0n) is 10.7. The Hall–Kier alpha value is -0.660. The van der Waals surface area contributed by atoms with Crippen LogP contribution in [0, 0.1) is 11.6 Å². The molecule has 2 nitrogen and oxygen atoms in total. The summed E-state index contributed by atoms with van der Waals surface area (Å²) >= 11 is 9.67. The third kappa shape index (κ3) is 3.76. The summed E-state index contributed by atoms with van der Waals surface area (Å²) in [6.45, 7) is -0.228. The Bertz CT molecular complexity index is 678. The van der Waals surface area contributed by atoms with E-state index in [4.69, 9.17) is 9.47 Å². The lowest BCUT2D eigenvalue weighted by atomic mass is 10.2. The molecule has 0 radical (unpaired) electrons. The molecule has 0 heterocycles. The third-order valence-electron chi connectivity index (χ3n) is 2.72. The van der Waals surface area contributed by atoms with Crippen molar-refractivity contribution in [2.24, 2.45) is 0 Å². The Morgan fingerprint density at radius 3 is 2.24 bits per heavy atom. The first-order valence-corrected chi connectivity index (χ1v) is 8.10. The summed E-state index contributed by atoms with van der Waals surface area (Å²) < 4.78 is 39.6. The van der Waals surface area contributed by atoms with Crippen molar-refractivity contribution in [1.29, 1.82) is 0 Å². The van der Waals surface area contributed by atoms with E-state index >= 15 is 0 Å². The van der Waals surface area contributed by atoms with Gasteiger partial charge < -0.3 is 9.47 Å². The quantitative estimate of drug-likeness (QED) is 0.505. The zero-order chi connectivity index (χ0) is 15.6. The summed E-state index contributed by atoms with van der Waals surface area (Å²) in [5.74, 6) is -0.256. The summed E-state index contributed by atoms with van der Waals surface area (Å²) in [5, 5.41) is 0. The van der Waals surface area contributed by atoms with Crippen LogP contribution in [0.25, 0.3) is 0 Å². The Morgan fingerprint density at radius 2 is 1.57 bits per heavy atom. The average Bonchev–Trinajstić information content (AvgIpc) is 2.46. The molecule has 0 fully saturated rings. The molecular formula is C14H9Br3F2O2. The van der Waals surface area contributed by atoms with Crippen LogP contribution < -0.4 is 9.47 Å². The van der Waals surface area contributed by atoms with Crippen LogP contribution in [0.5, 0.6) is 11.5 Å². The van der Waals surface area contributed by atoms with Gasteiger partial charge >= 0.3 is 0 Å². The highest BCUT2D eigenvalue weighted by Crippen LogP contribution is 2.36. The first-order chi connectivity index (χ1) is 9.93. The van der Waals surface area contributed by atoms with E-state index in [-0.39, 0.29) is 16.6 Å². The predicted octanol–water partition coefficient (Wildman–Crippen LogP) is 5.84. The molecule has 112 valence electrons. The van der Waals surface area contributed by atoms with Gasteiger partial charge in [-0.25, -0.2) is 8.78 Å². The van der Waals surface area contributed by atoms with E-state index in [1.54, 1.807) is 19.2 Å². The number of rotatable bonds is 4. The largest absolute Gasteiger partial charge is 0.496 e. The molecular weight excluding hydrogens is 478 g/mol. The molecule has 0 bridgehead atoms. The summed E-state index contributed by atoms with van der Waals surface area (Å²) in [4.78, 5) is 0. The maximum atomic E-state index is 13.9. The van der Waals surface area contributed by atoms with E-state index in [1.165, 1.54) is 12.1 Å². The lowest BCUT2D eigenvalue weighted by molar-refractivity contribution is 0.289. The van der Waals surface area contributed by atoms with E-state index in [2.05, 4.69) is 47.8 Å². The SMILES string of the molecule is COc1cc(Br)c(OCc2c(F)ccc(Br)c2F)cc1Br. The van der Waals surface area contributed by atoms with E-state index in [0.29, 0.717) is 20.4 Å². The molecule has 0 saturated carbocycles. The highest BCUT2D eigenvalue weighted by atomic mass is 79.9. The van der Waals surface area contributed by atoms with Crippen molar-refractivity contribution in [2.75, 3.05) is 7.11 Å². The molecule has 0 amide bonds.